The van der Waals surface area contributed by atoms with Crippen molar-refractivity contribution in [1.29, 1.82) is 0 Å². The minimum atomic E-state index is -4.84. The summed E-state index contributed by atoms with van der Waals surface area (Å²) in [6.45, 7) is 0. The van der Waals surface area contributed by atoms with Crippen molar-refractivity contribution in [3.05, 3.63) is 26.6 Å². The van der Waals surface area contributed by atoms with Crippen molar-refractivity contribution in [2.24, 2.45) is 0 Å². The molecule has 0 aliphatic heterocycles. The van der Waals surface area contributed by atoms with Crippen molar-refractivity contribution in [2.45, 2.75) is 18.5 Å². The molecule has 0 spiro atoms. The number of hydrogen-bond acceptors (Lipinski definition) is 1. The summed E-state index contributed by atoms with van der Waals surface area (Å²) in [5.74, 6) is -0.259. The predicted octanol–water partition coefficient (Wildman–Crippen LogP) is 4.38. The lowest BCUT2D eigenvalue weighted by Crippen LogP contribution is -2.14. The van der Waals surface area contributed by atoms with Crippen LogP contribution in [-0.2, 0) is 12.1 Å². The summed E-state index contributed by atoms with van der Waals surface area (Å²) >= 11 is 6.69. The van der Waals surface area contributed by atoms with E-state index in [9.17, 15) is 22.0 Å². The predicted molar refractivity (Wildman–Crippen MR) is 56.5 cm³/mol. The smallest absolute Gasteiger partial charge is 0.258 e. The molecular formula is C8H4ClF5IN. The van der Waals surface area contributed by atoms with Crippen LogP contribution in [-0.4, -0.2) is 4.98 Å². The third-order valence-corrected chi connectivity index (χ3v) is 3.18. The van der Waals surface area contributed by atoms with Gasteiger partial charge in [-0.3, -0.25) is 4.98 Å². The molecule has 0 fully saturated rings. The summed E-state index contributed by atoms with van der Waals surface area (Å²) < 4.78 is 62.1. The van der Waals surface area contributed by atoms with Gasteiger partial charge in [0, 0.05) is 15.3 Å². The molecule has 0 aromatic carbocycles. The van der Waals surface area contributed by atoms with Crippen molar-refractivity contribution < 1.29 is 22.0 Å². The van der Waals surface area contributed by atoms with Gasteiger partial charge in [-0.05, 0) is 22.6 Å². The van der Waals surface area contributed by atoms with Gasteiger partial charge in [-0.1, -0.05) is 0 Å². The Morgan fingerprint density at radius 2 is 1.94 bits per heavy atom. The fraction of sp³-hybridized carbons (Fsp3) is 0.375. The summed E-state index contributed by atoms with van der Waals surface area (Å²) in [4.78, 5) is 3.47. The van der Waals surface area contributed by atoms with Gasteiger partial charge >= 0.3 is 6.18 Å². The van der Waals surface area contributed by atoms with E-state index in [1.807, 2.05) is 0 Å². The van der Waals surface area contributed by atoms with Crippen LogP contribution in [0.1, 0.15) is 23.2 Å². The molecule has 0 atom stereocenters. The number of hydrogen-bond donors (Lipinski definition) is 0. The van der Waals surface area contributed by atoms with Crippen LogP contribution in [0.25, 0.3) is 0 Å². The summed E-state index contributed by atoms with van der Waals surface area (Å²) in [6.07, 6.45) is -7.54. The third kappa shape index (κ3) is 2.73. The molecule has 0 aliphatic carbocycles. The van der Waals surface area contributed by atoms with Gasteiger partial charge in [0.05, 0.1) is 17.1 Å². The van der Waals surface area contributed by atoms with Crippen LogP contribution >= 0.6 is 34.2 Å². The van der Waals surface area contributed by atoms with Crippen LogP contribution in [0.2, 0.25) is 0 Å². The van der Waals surface area contributed by atoms with Crippen molar-refractivity contribution in [3.8, 4) is 0 Å². The molecule has 0 unspecified atom stereocenters. The Kier molecular flexibility index (Phi) is 4.33. The average Bonchev–Trinajstić information content (AvgIpc) is 2.14. The largest absolute Gasteiger partial charge is 0.418 e. The third-order valence-electron chi connectivity index (χ3n) is 1.77. The Labute approximate surface area is 106 Å². The molecule has 0 aliphatic rings. The van der Waals surface area contributed by atoms with E-state index in [-0.39, 0.29) is 15.1 Å². The minimum Gasteiger partial charge on any atom is -0.258 e. The second-order valence-corrected chi connectivity index (χ2v) is 4.13. The molecule has 0 amide bonds. The van der Waals surface area contributed by atoms with Crippen molar-refractivity contribution in [3.63, 3.8) is 0 Å². The van der Waals surface area contributed by atoms with E-state index in [0.29, 0.717) is 6.20 Å². The molecule has 0 saturated heterocycles. The maximum Gasteiger partial charge on any atom is 0.418 e. The number of nitrogens with zero attached hydrogens (tertiary/aromatic N) is 1. The van der Waals surface area contributed by atoms with E-state index in [0.717, 1.165) is 0 Å². The van der Waals surface area contributed by atoms with Gasteiger partial charge in [-0.15, -0.1) is 11.6 Å². The molecule has 16 heavy (non-hydrogen) atoms. The number of halogens is 7. The van der Waals surface area contributed by atoms with E-state index in [4.69, 9.17) is 11.6 Å². The Bertz CT molecular complexity index is 393. The van der Waals surface area contributed by atoms with Gasteiger partial charge in [0.15, 0.2) is 0 Å². The zero-order valence-corrected chi connectivity index (χ0v) is 10.4. The average molecular weight is 371 g/mol. The molecule has 1 heterocycles. The second-order valence-electron chi connectivity index (χ2n) is 2.78. The lowest BCUT2D eigenvalue weighted by atomic mass is 10.1. The van der Waals surface area contributed by atoms with Gasteiger partial charge < -0.3 is 0 Å². The highest BCUT2D eigenvalue weighted by molar-refractivity contribution is 14.1. The Morgan fingerprint density at radius 1 is 1.38 bits per heavy atom. The van der Waals surface area contributed by atoms with Crippen LogP contribution in [0, 0.1) is 3.57 Å². The molecule has 1 nitrogen and oxygen atoms in total. The number of rotatable bonds is 2. The van der Waals surface area contributed by atoms with Gasteiger partial charge in [0.2, 0.25) is 0 Å². The molecular weight excluding hydrogens is 367 g/mol. The minimum absolute atomic E-state index is 0.0565. The first-order valence-corrected chi connectivity index (χ1v) is 5.49. The Hall–Kier alpha value is -0.180. The molecule has 0 saturated carbocycles. The quantitative estimate of drug-likeness (QED) is 0.427. The number of pyridine rings is 1. The van der Waals surface area contributed by atoms with Crippen LogP contribution in [0.3, 0.4) is 0 Å². The van der Waals surface area contributed by atoms with E-state index in [1.165, 1.54) is 22.6 Å². The van der Waals surface area contributed by atoms with E-state index in [1.54, 1.807) is 0 Å². The van der Waals surface area contributed by atoms with Crippen LogP contribution in [0.15, 0.2) is 6.20 Å². The van der Waals surface area contributed by atoms with Gasteiger partial charge in [0.1, 0.15) is 0 Å². The van der Waals surface area contributed by atoms with Crippen molar-refractivity contribution >= 4 is 34.2 Å². The standard InChI is InChI=1S/C8H4ClF5IN/c9-1-4-6(15)5(8(12,13)14)3(2-16-4)7(10)11/h2,7H,1H2. The highest BCUT2D eigenvalue weighted by Crippen LogP contribution is 2.39. The maximum absolute atomic E-state index is 12.6. The zero-order valence-electron chi connectivity index (χ0n) is 7.45. The summed E-state index contributed by atoms with van der Waals surface area (Å²) in [5, 5.41) is 0. The lowest BCUT2D eigenvalue weighted by Gasteiger charge is -2.15. The molecule has 90 valence electrons. The molecule has 0 radical (unpaired) electrons. The molecule has 0 bridgehead atoms. The first kappa shape index (κ1) is 13.9. The number of aromatic nitrogens is 1. The van der Waals surface area contributed by atoms with E-state index < -0.39 is 23.7 Å². The summed E-state index contributed by atoms with van der Waals surface area (Å²) in [5.41, 5.74) is -2.53. The Balaban J connectivity index is 3.50. The first-order valence-electron chi connectivity index (χ1n) is 3.87. The lowest BCUT2D eigenvalue weighted by molar-refractivity contribution is -0.140. The van der Waals surface area contributed by atoms with E-state index >= 15 is 0 Å². The van der Waals surface area contributed by atoms with Crippen molar-refractivity contribution in [2.75, 3.05) is 0 Å². The molecule has 1 aromatic rings. The van der Waals surface area contributed by atoms with Crippen molar-refractivity contribution in [1.82, 2.24) is 4.98 Å². The fourth-order valence-electron chi connectivity index (χ4n) is 1.09. The normalized spacial score (nSPS) is 12.2. The SMILES string of the molecule is FC(F)c1cnc(CCl)c(I)c1C(F)(F)F. The zero-order chi connectivity index (χ0) is 12.5. The Morgan fingerprint density at radius 3 is 2.31 bits per heavy atom. The topological polar surface area (TPSA) is 12.9 Å². The molecule has 8 heteroatoms. The molecule has 1 rings (SSSR count). The highest BCUT2D eigenvalue weighted by atomic mass is 127. The highest BCUT2D eigenvalue weighted by Gasteiger charge is 2.39. The van der Waals surface area contributed by atoms with E-state index in [2.05, 4.69) is 4.98 Å². The molecule has 1 aromatic heterocycles. The van der Waals surface area contributed by atoms with Crippen LogP contribution < -0.4 is 0 Å². The number of alkyl halides is 6. The fourth-order valence-corrected chi connectivity index (χ4v) is 2.46. The van der Waals surface area contributed by atoms with Gasteiger partial charge in [-0.25, -0.2) is 8.78 Å². The maximum atomic E-state index is 12.6. The van der Waals surface area contributed by atoms with Crippen LogP contribution in [0.5, 0.6) is 0 Å². The second kappa shape index (κ2) is 4.99. The van der Waals surface area contributed by atoms with Gasteiger partial charge in [0.25, 0.3) is 6.43 Å². The monoisotopic (exact) mass is 371 g/mol. The summed E-state index contributed by atoms with van der Waals surface area (Å²) in [6, 6.07) is 0. The first-order chi connectivity index (χ1) is 7.29. The molecule has 0 N–H and O–H groups in total. The summed E-state index contributed by atoms with van der Waals surface area (Å²) in [7, 11) is 0. The van der Waals surface area contributed by atoms with Gasteiger partial charge in [-0.2, -0.15) is 13.2 Å². The van der Waals surface area contributed by atoms with Crippen LogP contribution in [0.4, 0.5) is 22.0 Å².